The van der Waals surface area contributed by atoms with E-state index in [0.717, 1.165) is 19.3 Å². The summed E-state index contributed by atoms with van der Waals surface area (Å²) in [6.45, 7) is 1.83. The molecule has 1 fully saturated rings. The molecule has 54 valence electrons. The van der Waals surface area contributed by atoms with E-state index >= 15 is 0 Å². The highest BCUT2D eigenvalue weighted by molar-refractivity contribution is 4.88. The monoisotopic (exact) mass is 129 g/mol. The fourth-order valence-electron chi connectivity index (χ4n) is 1.34. The third kappa shape index (κ3) is 1.43. The van der Waals surface area contributed by atoms with E-state index in [1.807, 2.05) is 6.92 Å². The highest BCUT2D eigenvalue weighted by Gasteiger charge is 2.30. The maximum atomic E-state index is 9.52. The minimum Gasteiger partial charge on any atom is -0.389 e. The Morgan fingerprint density at radius 1 is 1.56 bits per heavy atom. The Labute approximate surface area is 56.1 Å². The van der Waals surface area contributed by atoms with Crippen molar-refractivity contribution in [3.05, 3.63) is 0 Å². The SMILES string of the molecule is C[C@@]1(O)CCCC[C@H]1N. The number of hydrogen-bond donors (Lipinski definition) is 2. The van der Waals surface area contributed by atoms with Crippen LogP contribution in [0.25, 0.3) is 0 Å². The Morgan fingerprint density at radius 2 is 2.22 bits per heavy atom. The largest absolute Gasteiger partial charge is 0.389 e. The van der Waals surface area contributed by atoms with E-state index in [-0.39, 0.29) is 6.04 Å². The van der Waals surface area contributed by atoms with E-state index in [4.69, 9.17) is 5.73 Å². The van der Waals surface area contributed by atoms with Gasteiger partial charge in [-0.1, -0.05) is 12.8 Å². The third-order valence-corrected chi connectivity index (χ3v) is 2.25. The molecule has 2 atom stereocenters. The summed E-state index contributed by atoms with van der Waals surface area (Å²) < 4.78 is 0. The molecule has 1 saturated carbocycles. The average Bonchev–Trinajstić information content (AvgIpc) is 1.77. The number of nitrogens with two attached hydrogens (primary N) is 1. The molecular weight excluding hydrogens is 114 g/mol. The quantitative estimate of drug-likeness (QED) is 0.504. The van der Waals surface area contributed by atoms with Crippen LogP contribution in [-0.2, 0) is 0 Å². The van der Waals surface area contributed by atoms with Crippen LogP contribution in [0.4, 0.5) is 0 Å². The zero-order valence-corrected chi connectivity index (χ0v) is 5.93. The summed E-state index contributed by atoms with van der Waals surface area (Å²) in [4.78, 5) is 0. The molecule has 0 aliphatic heterocycles. The fourth-order valence-corrected chi connectivity index (χ4v) is 1.34. The summed E-state index contributed by atoms with van der Waals surface area (Å²) in [6, 6.07) is 0.00579. The van der Waals surface area contributed by atoms with Crippen molar-refractivity contribution in [2.45, 2.75) is 44.2 Å². The lowest BCUT2D eigenvalue weighted by Gasteiger charge is -2.34. The van der Waals surface area contributed by atoms with E-state index in [9.17, 15) is 5.11 Å². The fraction of sp³-hybridized carbons (Fsp3) is 1.00. The third-order valence-electron chi connectivity index (χ3n) is 2.25. The van der Waals surface area contributed by atoms with Gasteiger partial charge in [0.15, 0.2) is 0 Å². The van der Waals surface area contributed by atoms with Crippen LogP contribution in [0.5, 0.6) is 0 Å². The van der Waals surface area contributed by atoms with Crippen LogP contribution in [0.3, 0.4) is 0 Å². The van der Waals surface area contributed by atoms with Gasteiger partial charge in [0.05, 0.1) is 5.60 Å². The highest BCUT2D eigenvalue weighted by atomic mass is 16.3. The van der Waals surface area contributed by atoms with Crippen molar-refractivity contribution in [1.29, 1.82) is 0 Å². The van der Waals surface area contributed by atoms with Crippen molar-refractivity contribution in [1.82, 2.24) is 0 Å². The van der Waals surface area contributed by atoms with Crippen molar-refractivity contribution >= 4 is 0 Å². The second kappa shape index (κ2) is 2.27. The molecule has 0 amide bonds. The second-order valence-corrected chi connectivity index (χ2v) is 3.21. The molecule has 0 aromatic rings. The van der Waals surface area contributed by atoms with Crippen LogP contribution in [0.15, 0.2) is 0 Å². The van der Waals surface area contributed by atoms with Gasteiger partial charge in [-0.3, -0.25) is 0 Å². The van der Waals surface area contributed by atoms with Crippen molar-refractivity contribution in [2.75, 3.05) is 0 Å². The van der Waals surface area contributed by atoms with Gasteiger partial charge in [0, 0.05) is 6.04 Å². The molecule has 0 heterocycles. The van der Waals surface area contributed by atoms with Gasteiger partial charge in [0.2, 0.25) is 0 Å². The summed E-state index contributed by atoms with van der Waals surface area (Å²) >= 11 is 0. The first-order chi connectivity index (χ1) is 4.13. The molecule has 3 N–H and O–H groups in total. The average molecular weight is 129 g/mol. The first-order valence-corrected chi connectivity index (χ1v) is 3.61. The van der Waals surface area contributed by atoms with Crippen molar-refractivity contribution in [2.24, 2.45) is 5.73 Å². The lowest BCUT2D eigenvalue weighted by molar-refractivity contribution is 0.00358. The van der Waals surface area contributed by atoms with Gasteiger partial charge in [-0.2, -0.15) is 0 Å². The highest BCUT2D eigenvalue weighted by Crippen LogP contribution is 2.25. The van der Waals surface area contributed by atoms with E-state index in [1.165, 1.54) is 6.42 Å². The number of hydrogen-bond acceptors (Lipinski definition) is 2. The number of aliphatic hydroxyl groups is 1. The Kier molecular flexibility index (Phi) is 1.78. The summed E-state index contributed by atoms with van der Waals surface area (Å²) in [5.41, 5.74) is 5.08. The molecule has 1 aliphatic carbocycles. The number of rotatable bonds is 0. The maximum Gasteiger partial charge on any atom is 0.0769 e. The summed E-state index contributed by atoms with van der Waals surface area (Å²) in [6.07, 6.45) is 4.15. The normalized spacial score (nSPS) is 45.0. The van der Waals surface area contributed by atoms with Crippen molar-refractivity contribution in [3.63, 3.8) is 0 Å². The van der Waals surface area contributed by atoms with Gasteiger partial charge in [0.25, 0.3) is 0 Å². The van der Waals surface area contributed by atoms with Crippen LogP contribution in [0.2, 0.25) is 0 Å². The Bertz CT molecular complexity index is 101. The predicted molar refractivity (Wildman–Crippen MR) is 37.1 cm³/mol. The second-order valence-electron chi connectivity index (χ2n) is 3.21. The van der Waals surface area contributed by atoms with Crippen LogP contribution in [0, 0.1) is 0 Å². The molecule has 1 rings (SSSR count). The molecule has 0 radical (unpaired) electrons. The van der Waals surface area contributed by atoms with Crippen LogP contribution in [0.1, 0.15) is 32.6 Å². The molecule has 0 unspecified atom stereocenters. The molecule has 2 heteroatoms. The van der Waals surface area contributed by atoms with E-state index < -0.39 is 5.60 Å². The van der Waals surface area contributed by atoms with Gasteiger partial charge in [-0.05, 0) is 19.8 Å². The first kappa shape index (κ1) is 7.03. The minimum atomic E-state index is -0.585. The molecule has 0 aromatic carbocycles. The Balaban J connectivity index is 2.49. The van der Waals surface area contributed by atoms with Crippen molar-refractivity contribution < 1.29 is 5.11 Å². The molecule has 2 nitrogen and oxygen atoms in total. The predicted octanol–water partition coefficient (Wildman–Crippen LogP) is 0.639. The lowest BCUT2D eigenvalue weighted by atomic mass is 9.82. The molecule has 0 bridgehead atoms. The van der Waals surface area contributed by atoms with E-state index in [0.29, 0.717) is 0 Å². The lowest BCUT2D eigenvalue weighted by Crippen LogP contribution is -2.47. The molecule has 1 aliphatic rings. The molecule has 0 spiro atoms. The zero-order valence-electron chi connectivity index (χ0n) is 5.93. The van der Waals surface area contributed by atoms with Crippen LogP contribution >= 0.6 is 0 Å². The first-order valence-electron chi connectivity index (χ1n) is 3.61. The standard InChI is InChI=1S/C7H15NO/c1-7(9)5-3-2-4-6(7)8/h6,9H,2-5,8H2,1H3/t6-,7-/m1/s1. The zero-order chi connectivity index (χ0) is 6.91. The van der Waals surface area contributed by atoms with Crippen LogP contribution in [-0.4, -0.2) is 16.7 Å². The van der Waals surface area contributed by atoms with Crippen LogP contribution < -0.4 is 5.73 Å². The van der Waals surface area contributed by atoms with Gasteiger partial charge in [-0.25, -0.2) is 0 Å². The van der Waals surface area contributed by atoms with Gasteiger partial charge < -0.3 is 10.8 Å². The summed E-state index contributed by atoms with van der Waals surface area (Å²) in [5, 5.41) is 9.52. The topological polar surface area (TPSA) is 46.2 Å². The Morgan fingerprint density at radius 3 is 2.56 bits per heavy atom. The van der Waals surface area contributed by atoms with Gasteiger partial charge in [0.1, 0.15) is 0 Å². The molecular formula is C7H15NO. The molecule has 9 heavy (non-hydrogen) atoms. The van der Waals surface area contributed by atoms with Gasteiger partial charge in [-0.15, -0.1) is 0 Å². The van der Waals surface area contributed by atoms with E-state index in [2.05, 4.69) is 0 Å². The molecule has 0 aromatic heterocycles. The van der Waals surface area contributed by atoms with E-state index in [1.54, 1.807) is 0 Å². The summed E-state index contributed by atoms with van der Waals surface area (Å²) in [5.74, 6) is 0. The smallest absolute Gasteiger partial charge is 0.0769 e. The molecule has 0 saturated heterocycles. The Hall–Kier alpha value is -0.0800. The van der Waals surface area contributed by atoms with Gasteiger partial charge >= 0.3 is 0 Å². The minimum absolute atomic E-state index is 0.00579. The van der Waals surface area contributed by atoms with Crippen molar-refractivity contribution in [3.8, 4) is 0 Å². The maximum absolute atomic E-state index is 9.52. The summed E-state index contributed by atoms with van der Waals surface area (Å²) in [7, 11) is 0.